The zero-order valence-corrected chi connectivity index (χ0v) is 3.15. The van der Waals surface area contributed by atoms with Crippen LogP contribution < -0.4 is 5.64 Å². The summed E-state index contributed by atoms with van der Waals surface area (Å²) in [6, 6.07) is 0. The maximum atomic E-state index is 5.03. The second-order valence-corrected chi connectivity index (χ2v) is 0.813. The maximum absolute atomic E-state index is 5.03. The molecule has 0 aromatic heterocycles. The van der Waals surface area contributed by atoms with Crippen molar-refractivity contribution in [2.24, 2.45) is 5.64 Å². The lowest BCUT2D eigenvalue weighted by Gasteiger charge is -1.76. The molecule has 3 radical (unpaired) electrons. The summed E-state index contributed by atoms with van der Waals surface area (Å²) in [6.45, 7) is 0. The van der Waals surface area contributed by atoms with Crippen LogP contribution in [0.5, 0.6) is 0 Å². The Bertz CT molecular complexity index is 15.1. The van der Waals surface area contributed by atoms with Gasteiger partial charge in [0.2, 0.25) is 7.41 Å². The van der Waals surface area contributed by atoms with Crippen molar-refractivity contribution < 1.29 is 0 Å². The molecule has 2 N–H and O–H groups in total. The Morgan fingerprint density at radius 3 is 2.40 bits per heavy atom. The van der Waals surface area contributed by atoms with E-state index >= 15 is 0 Å². The van der Waals surface area contributed by atoms with Crippen molar-refractivity contribution in [2.75, 3.05) is 0 Å². The minimum atomic E-state index is 0.663. The third-order valence-corrected chi connectivity index (χ3v) is 0.333. The van der Waals surface area contributed by atoms with Gasteiger partial charge in [-0.25, -0.2) is 0 Å². The molecule has 0 aromatic carbocycles. The van der Waals surface area contributed by atoms with Crippen LogP contribution in [0, 0.1) is 0 Å². The molecule has 0 amide bonds. The molecule has 0 aliphatic heterocycles. The second kappa shape index (κ2) is 4.09. The fraction of sp³-hybridized carbons (Fsp3) is 1.00. The highest BCUT2D eigenvalue weighted by molar-refractivity contribution is 6.32. The van der Waals surface area contributed by atoms with E-state index in [1.807, 2.05) is 0 Å². The van der Waals surface area contributed by atoms with Gasteiger partial charge in [0.25, 0.3) is 0 Å². The average Bonchev–Trinajstić information content (AvgIpc) is 1.41. The Hall–Kier alpha value is 0.0899. The SMILES string of the molecule is [B]CC[B]N. The molecule has 25 valence electrons. The third-order valence-electron chi connectivity index (χ3n) is 0.333. The second-order valence-electron chi connectivity index (χ2n) is 0.813. The molecule has 0 spiro atoms. The van der Waals surface area contributed by atoms with E-state index in [4.69, 9.17) is 13.5 Å². The molecule has 0 aliphatic carbocycles. The third kappa shape index (κ3) is 4.09. The van der Waals surface area contributed by atoms with Crippen LogP contribution in [0.3, 0.4) is 0 Å². The summed E-state index contributed by atoms with van der Waals surface area (Å²) in [5.74, 6) is 0. The first-order valence-electron chi connectivity index (χ1n) is 1.65. The molecule has 0 saturated carbocycles. The van der Waals surface area contributed by atoms with Gasteiger partial charge in [-0.05, 0) is 0 Å². The normalized spacial score (nSPS) is 7.40. The van der Waals surface area contributed by atoms with Crippen LogP contribution in [-0.2, 0) is 0 Å². The lowest BCUT2D eigenvalue weighted by atomic mass is 9.82. The van der Waals surface area contributed by atoms with E-state index in [1.54, 1.807) is 7.41 Å². The van der Waals surface area contributed by atoms with Crippen LogP contribution in [0.25, 0.3) is 0 Å². The first-order chi connectivity index (χ1) is 2.41. The number of hydrogen-bond acceptors (Lipinski definition) is 1. The molecule has 5 heavy (non-hydrogen) atoms. The molecule has 0 bridgehead atoms. The summed E-state index contributed by atoms with van der Waals surface area (Å²) in [5.41, 5.74) is 4.93. The summed E-state index contributed by atoms with van der Waals surface area (Å²) in [4.78, 5) is 0. The molecule has 0 saturated heterocycles. The van der Waals surface area contributed by atoms with Crippen molar-refractivity contribution in [3.8, 4) is 0 Å². The van der Waals surface area contributed by atoms with E-state index in [0.29, 0.717) is 6.32 Å². The van der Waals surface area contributed by atoms with Gasteiger partial charge < -0.3 is 5.64 Å². The van der Waals surface area contributed by atoms with Gasteiger partial charge in [-0.2, -0.15) is 0 Å². The van der Waals surface area contributed by atoms with E-state index in [-0.39, 0.29) is 0 Å². The monoisotopic (exact) mass is 66.1 g/mol. The topological polar surface area (TPSA) is 26.0 Å². The minimum absolute atomic E-state index is 0.663. The van der Waals surface area contributed by atoms with E-state index in [0.717, 1.165) is 6.32 Å². The van der Waals surface area contributed by atoms with Crippen LogP contribution in [0.2, 0.25) is 12.6 Å². The predicted octanol–water partition coefficient (Wildman–Crippen LogP) is -0.431. The van der Waals surface area contributed by atoms with Gasteiger partial charge >= 0.3 is 0 Å². The Morgan fingerprint density at radius 1 is 1.80 bits per heavy atom. The zero-order valence-electron chi connectivity index (χ0n) is 3.15. The molecule has 0 atom stereocenters. The number of rotatable bonds is 2. The van der Waals surface area contributed by atoms with Crippen molar-refractivity contribution in [2.45, 2.75) is 12.6 Å². The highest BCUT2D eigenvalue weighted by Crippen LogP contribution is 1.74. The van der Waals surface area contributed by atoms with Gasteiger partial charge in [0, 0.05) is 0 Å². The molecule has 0 aliphatic rings. The van der Waals surface area contributed by atoms with E-state index < -0.39 is 0 Å². The molecule has 0 aromatic rings. The van der Waals surface area contributed by atoms with Crippen molar-refractivity contribution in [1.82, 2.24) is 0 Å². The van der Waals surface area contributed by atoms with Gasteiger partial charge in [-0.1, -0.05) is 12.6 Å². The Balaban J connectivity index is 2.19. The van der Waals surface area contributed by atoms with Gasteiger partial charge in [0.1, 0.15) is 0 Å². The summed E-state index contributed by atoms with van der Waals surface area (Å²) in [6.07, 6.45) is 1.48. The fourth-order valence-electron chi connectivity index (χ4n) is 0.0962. The smallest absolute Gasteiger partial charge is 0.201 e. The summed E-state index contributed by atoms with van der Waals surface area (Å²) in [7, 11) is 6.58. The van der Waals surface area contributed by atoms with E-state index in [2.05, 4.69) is 0 Å². The average molecular weight is 65.7 g/mol. The largest absolute Gasteiger partial charge is 0.374 e. The predicted molar refractivity (Wildman–Crippen MR) is 25.3 cm³/mol. The van der Waals surface area contributed by atoms with Crippen LogP contribution in [-0.4, -0.2) is 15.3 Å². The Labute approximate surface area is 34.6 Å². The van der Waals surface area contributed by atoms with Crippen molar-refractivity contribution in [1.29, 1.82) is 0 Å². The Morgan fingerprint density at radius 2 is 2.40 bits per heavy atom. The summed E-state index contributed by atoms with van der Waals surface area (Å²) < 4.78 is 0. The summed E-state index contributed by atoms with van der Waals surface area (Å²) in [5, 5.41) is 0. The van der Waals surface area contributed by atoms with Gasteiger partial charge in [0.05, 0.1) is 7.85 Å². The van der Waals surface area contributed by atoms with Crippen molar-refractivity contribution in [3.63, 3.8) is 0 Å². The van der Waals surface area contributed by atoms with Gasteiger partial charge in [-0.15, -0.1) is 0 Å². The minimum Gasteiger partial charge on any atom is -0.374 e. The Kier molecular flexibility index (Phi) is 4.16. The van der Waals surface area contributed by atoms with Crippen LogP contribution in [0.1, 0.15) is 0 Å². The number of hydrogen-bond donors (Lipinski definition) is 1. The standard InChI is InChI=1S/C2H6B2N/c3-1-2-4-5/h1-2,5H2. The van der Waals surface area contributed by atoms with Gasteiger partial charge in [0.15, 0.2) is 0 Å². The van der Waals surface area contributed by atoms with Crippen molar-refractivity contribution >= 4 is 15.3 Å². The first kappa shape index (κ1) is 5.09. The highest BCUT2D eigenvalue weighted by atomic mass is 14.3. The molecule has 0 rings (SSSR count). The maximum Gasteiger partial charge on any atom is 0.201 e. The van der Waals surface area contributed by atoms with Crippen molar-refractivity contribution in [3.05, 3.63) is 0 Å². The van der Waals surface area contributed by atoms with Crippen LogP contribution in [0.15, 0.2) is 0 Å². The molecule has 3 heteroatoms. The van der Waals surface area contributed by atoms with E-state index in [9.17, 15) is 0 Å². The highest BCUT2D eigenvalue weighted by Gasteiger charge is 1.72. The molecular weight excluding hydrogens is 59.7 g/mol. The molecule has 0 unspecified atom stereocenters. The summed E-state index contributed by atoms with van der Waals surface area (Å²) >= 11 is 0. The zero-order chi connectivity index (χ0) is 4.12. The molecular formula is C2H6B2N. The quantitative estimate of drug-likeness (QED) is 0.434. The van der Waals surface area contributed by atoms with E-state index in [1.165, 1.54) is 0 Å². The number of nitrogens with two attached hydrogens (primary N) is 1. The van der Waals surface area contributed by atoms with Crippen LogP contribution >= 0.6 is 0 Å². The first-order valence-corrected chi connectivity index (χ1v) is 1.65. The van der Waals surface area contributed by atoms with Crippen LogP contribution in [0.4, 0.5) is 0 Å². The fourth-order valence-corrected chi connectivity index (χ4v) is 0.0962. The molecule has 1 nitrogen and oxygen atoms in total. The molecule has 0 fully saturated rings. The molecule has 0 heterocycles. The van der Waals surface area contributed by atoms with Gasteiger partial charge in [-0.3, -0.25) is 0 Å². The lowest BCUT2D eigenvalue weighted by molar-refractivity contribution is 1.42. The lowest BCUT2D eigenvalue weighted by Crippen LogP contribution is -2.01.